The molecule has 112 valence electrons. The molecule has 0 aliphatic heterocycles. The summed E-state index contributed by atoms with van der Waals surface area (Å²) in [7, 11) is 0. The number of hydrogen-bond acceptors (Lipinski definition) is 3. The minimum atomic E-state index is -1.16. The number of aliphatic carboxylic acids is 1. The zero-order chi connectivity index (χ0) is 15.8. The molecule has 0 bridgehead atoms. The fourth-order valence-corrected chi connectivity index (χ4v) is 1.82. The summed E-state index contributed by atoms with van der Waals surface area (Å²) in [6.45, 7) is -0.827. The molecule has 8 heteroatoms. The zero-order valence-electron chi connectivity index (χ0n) is 10.7. The Morgan fingerprint density at radius 1 is 1.10 bits per heavy atom. The van der Waals surface area contributed by atoms with Gasteiger partial charge in [0.2, 0.25) is 11.8 Å². The van der Waals surface area contributed by atoms with Crippen LogP contribution in [0.25, 0.3) is 6.08 Å². The third kappa shape index (κ3) is 6.29. The van der Waals surface area contributed by atoms with Gasteiger partial charge in [0.05, 0.1) is 6.54 Å². The van der Waals surface area contributed by atoms with E-state index in [9.17, 15) is 14.4 Å². The number of halogens is 2. The smallest absolute Gasteiger partial charge is 0.322 e. The van der Waals surface area contributed by atoms with Crippen LogP contribution in [-0.2, 0) is 14.4 Å². The lowest BCUT2D eigenvalue weighted by Crippen LogP contribution is -2.38. The van der Waals surface area contributed by atoms with Gasteiger partial charge in [0.15, 0.2) is 0 Å². The monoisotopic (exact) mass is 330 g/mol. The zero-order valence-corrected chi connectivity index (χ0v) is 12.2. The average Bonchev–Trinajstić information content (AvgIpc) is 2.42. The SMILES string of the molecule is O=C(O)CNC(=O)CNC(=O)/C=C/c1c(Cl)cccc1Cl. The van der Waals surface area contributed by atoms with Crippen molar-refractivity contribution in [2.75, 3.05) is 13.1 Å². The van der Waals surface area contributed by atoms with E-state index >= 15 is 0 Å². The molecule has 1 rings (SSSR count). The minimum absolute atomic E-state index is 0.327. The quantitative estimate of drug-likeness (QED) is 0.685. The first-order valence-electron chi connectivity index (χ1n) is 5.78. The van der Waals surface area contributed by atoms with E-state index in [4.69, 9.17) is 28.3 Å². The van der Waals surface area contributed by atoms with E-state index in [2.05, 4.69) is 10.6 Å². The number of nitrogens with one attached hydrogen (secondary N) is 2. The van der Waals surface area contributed by atoms with Gasteiger partial charge in [-0.15, -0.1) is 0 Å². The molecule has 0 aliphatic rings. The van der Waals surface area contributed by atoms with Gasteiger partial charge in [0.25, 0.3) is 0 Å². The molecule has 0 spiro atoms. The molecule has 0 aliphatic carbocycles. The molecule has 0 atom stereocenters. The van der Waals surface area contributed by atoms with Crippen molar-refractivity contribution in [1.82, 2.24) is 10.6 Å². The molecule has 0 aromatic heterocycles. The molecular formula is C13H12Cl2N2O4. The summed E-state index contributed by atoms with van der Waals surface area (Å²) in [5.41, 5.74) is 0.492. The Balaban J connectivity index is 2.49. The van der Waals surface area contributed by atoms with E-state index in [0.717, 1.165) is 0 Å². The van der Waals surface area contributed by atoms with Crippen molar-refractivity contribution in [3.8, 4) is 0 Å². The summed E-state index contributed by atoms with van der Waals surface area (Å²) in [5, 5.41) is 13.6. The van der Waals surface area contributed by atoms with Crippen molar-refractivity contribution < 1.29 is 19.5 Å². The summed E-state index contributed by atoms with van der Waals surface area (Å²) >= 11 is 11.8. The Labute approximate surface area is 130 Å². The van der Waals surface area contributed by atoms with Crippen LogP contribution in [0.3, 0.4) is 0 Å². The largest absolute Gasteiger partial charge is 0.480 e. The highest BCUT2D eigenvalue weighted by Gasteiger charge is 2.06. The summed E-state index contributed by atoms with van der Waals surface area (Å²) in [6, 6.07) is 4.93. The summed E-state index contributed by atoms with van der Waals surface area (Å²) in [5.74, 6) is -2.30. The number of rotatable bonds is 6. The van der Waals surface area contributed by atoms with Crippen molar-refractivity contribution in [3.05, 3.63) is 39.9 Å². The number of carbonyl (C=O) groups excluding carboxylic acids is 2. The number of amides is 2. The number of carboxylic acids is 1. The first-order valence-corrected chi connectivity index (χ1v) is 6.54. The molecule has 6 nitrogen and oxygen atoms in total. The van der Waals surface area contributed by atoms with Gasteiger partial charge in [-0.25, -0.2) is 0 Å². The highest BCUT2D eigenvalue weighted by molar-refractivity contribution is 6.37. The molecule has 21 heavy (non-hydrogen) atoms. The highest BCUT2D eigenvalue weighted by Crippen LogP contribution is 2.25. The van der Waals surface area contributed by atoms with Gasteiger partial charge in [0.1, 0.15) is 6.54 Å². The predicted octanol–water partition coefficient (Wildman–Crippen LogP) is 1.32. The third-order valence-corrected chi connectivity index (χ3v) is 2.92. The van der Waals surface area contributed by atoms with Crippen molar-refractivity contribution in [1.29, 1.82) is 0 Å². The van der Waals surface area contributed by atoms with Crippen LogP contribution in [0.1, 0.15) is 5.56 Å². The molecular weight excluding hydrogens is 319 g/mol. The number of carboxylic acid groups (broad SMARTS) is 1. The minimum Gasteiger partial charge on any atom is -0.480 e. The van der Waals surface area contributed by atoms with Crippen molar-refractivity contribution in [3.63, 3.8) is 0 Å². The second kappa shape index (κ2) is 8.28. The normalized spacial score (nSPS) is 10.4. The molecule has 0 saturated heterocycles. The summed E-state index contributed by atoms with van der Waals surface area (Å²) in [4.78, 5) is 32.9. The van der Waals surface area contributed by atoms with Crippen LogP contribution >= 0.6 is 23.2 Å². The van der Waals surface area contributed by atoms with Crippen LogP contribution in [0.5, 0.6) is 0 Å². The molecule has 0 unspecified atom stereocenters. The molecule has 0 radical (unpaired) electrons. The Hall–Kier alpha value is -2.05. The van der Waals surface area contributed by atoms with Gasteiger partial charge in [-0.05, 0) is 18.2 Å². The molecule has 1 aromatic rings. The lowest BCUT2D eigenvalue weighted by molar-refractivity contribution is -0.137. The van der Waals surface area contributed by atoms with Crippen molar-refractivity contribution in [2.24, 2.45) is 0 Å². The van der Waals surface area contributed by atoms with E-state index in [1.54, 1.807) is 18.2 Å². The Bertz CT molecular complexity index is 567. The van der Waals surface area contributed by atoms with Crippen molar-refractivity contribution >= 4 is 47.1 Å². The lowest BCUT2D eigenvalue weighted by Gasteiger charge is -2.03. The summed E-state index contributed by atoms with van der Waals surface area (Å²) < 4.78 is 0. The van der Waals surface area contributed by atoms with Gasteiger partial charge in [-0.2, -0.15) is 0 Å². The first-order chi connectivity index (χ1) is 9.90. The predicted molar refractivity (Wildman–Crippen MR) is 79.2 cm³/mol. The number of carbonyl (C=O) groups is 3. The second-order valence-corrected chi connectivity index (χ2v) is 4.67. The van der Waals surface area contributed by atoms with Gasteiger partial charge in [-0.1, -0.05) is 29.3 Å². The molecule has 3 N–H and O–H groups in total. The number of benzene rings is 1. The van der Waals surface area contributed by atoms with E-state index in [-0.39, 0.29) is 6.54 Å². The van der Waals surface area contributed by atoms with Crippen LogP contribution in [0.4, 0.5) is 0 Å². The maximum atomic E-state index is 11.5. The fourth-order valence-electron chi connectivity index (χ4n) is 1.29. The van der Waals surface area contributed by atoms with Crippen LogP contribution in [0.2, 0.25) is 10.0 Å². The molecule has 1 aromatic carbocycles. The van der Waals surface area contributed by atoms with Gasteiger partial charge in [0, 0.05) is 21.7 Å². The maximum Gasteiger partial charge on any atom is 0.322 e. The van der Waals surface area contributed by atoms with E-state index in [1.807, 2.05) is 0 Å². The van der Waals surface area contributed by atoms with Gasteiger partial charge >= 0.3 is 5.97 Å². The fraction of sp³-hybridized carbons (Fsp3) is 0.154. The van der Waals surface area contributed by atoms with Crippen LogP contribution in [0.15, 0.2) is 24.3 Å². The molecule has 2 amide bonds. The van der Waals surface area contributed by atoms with Crippen molar-refractivity contribution in [2.45, 2.75) is 0 Å². The lowest BCUT2D eigenvalue weighted by atomic mass is 10.2. The highest BCUT2D eigenvalue weighted by atomic mass is 35.5. The van der Waals surface area contributed by atoms with Crippen LogP contribution in [-0.4, -0.2) is 36.0 Å². The van der Waals surface area contributed by atoms with Crippen LogP contribution < -0.4 is 10.6 Å². The van der Waals surface area contributed by atoms with E-state index in [1.165, 1.54) is 12.2 Å². The van der Waals surface area contributed by atoms with Gasteiger partial charge < -0.3 is 15.7 Å². The molecule has 0 heterocycles. The van der Waals surface area contributed by atoms with E-state index < -0.39 is 24.3 Å². The van der Waals surface area contributed by atoms with E-state index in [0.29, 0.717) is 15.6 Å². The Morgan fingerprint density at radius 3 is 2.29 bits per heavy atom. The number of hydrogen-bond donors (Lipinski definition) is 3. The summed E-state index contributed by atoms with van der Waals surface area (Å²) in [6.07, 6.45) is 2.60. The van der Waals surface area contributed by atoms with Crippen LogP contribution in [0, 0.1) is 0 Å². The Kier molecular flexibility index (Phi) is 6.71. The first kappa shape index (κ1) is 17.0. The standard InChI is InChI=1S/C13H12Cl2N2O4/c14-9-2-1-3-10(15)8(9)4-5-11(18)16-6-12(19)17-7-13(20)21/h1-5H,6-7H2,(H,16,18)(H,17,19)(H,20,21)/b5-4+. The maximum absolute atomic E-state index is 11.5. The molecule has 0 fully saturated rings. The molecule has 0 saturated carbocycles. The third-order valence-electron chi connectivity index (χ3n) is 2.26. The average molecular weight is 331 g/mol. The second-order valence-electron chi connectivity index (χ2n) is 3.86. The topological polar surface area (TPSA) is 95.5 Å². The van der Waals surface area contributed by atoms with Gasteiger partial charge in [-0.3, -0.25) is 14.4 Å². The Morgan fingerprint density at radius 2 is 1.71 bits per heavy atom.